The van der Waals surface area contributed by atoms with E-state index in [1.807, 2.05) is 17.9 Å². The topological polar surface area (TPSA) is 130 Å². The molecule has 0 saturated carbocycles. The summed E-state index contributed by atoms with van der Waals surface area (Å²) in [6.45, 7) is 10.5. The highest BCUT2D eigenvalue weighted by atomic mass is 16.5. The van der Waals surface area contributed by atoms with E-state index < -0.39 is 0 Å². The van der Waals surface area contributed by atoms with Gasteiger partial charge in [-0.05, 0) is 113 Å². The molecule has 3 aromatic heterocycles. The van der Waals surface area contributed by atoms with Gasteiger partial charge in [0, 0.05) is 99.6 Å². The van der Waals surface area contributed by atoms with Crippen molar-refractivity contribution in [1.29, 1.82) is 0 Å². The van der Waals surface area contributed by atoms with E-state index in [4.69, 9.17) is 14.6 Å². The number of benzene rings is 2. The normalized spacial score (nSPS) is 21.2. The van der Waals surface area contributed by atoms with E-state index in [2.05, 4.69) is 66.3 Å². The lowest BCUT2D eigenvalue weighted by Gasteiger charge is -2.55. The SMILES string of the molecule is COc1cc(-c2cn(C)c(=O)c3cnc(N4CCC4)cc23)cc(OC)c1CN1CCC(CN2CCC3(CC2)CN(c2ccc4c(C5CCC(=O)NC5=O)nn(C)c4c2)C3)CC1. The number of carbonyl (C=O) groups is 2. The molecule has 5 aliphatic rings. The molecule has 1 spiro atoms. The van der Waals surface area contributed by atoms with Crippen LogP contribution in [-0.4, -0.2) is 114 Å². The number of amides is 2. The van der Waals surface area contributed by atoms with E-state index in [9.17, 15) is 14.4 Å². The minimum atomic E-state index is -0.389. The number of pyridine rings is 2. The van der Waals surface area contributed by atoms with Crippen molar-refractivity contribution in [2.45, 2.75) is 57.4 Å². The van der Waals surface area contributed by atoms with Crippen molar-refractivity contribution < 1.29 is 19.1 Å². The molecule has 0 aliphatic carbocycles. The lowest BCUT2D eigenvalue weighted by atomic mass is 9.71. The predicted molar refractivity (Wildman–Crippen MR) is 237 cm³/mol. The predicted octanol–water partition coefficient (Wildman–Crippen LogP) is 5.05. The number of fused-ring (bicyclic) bond motifs is 2. The van der Waals surface area contributed by atoms with Gasteiger partial charge in [-0.1, -0.05) is 0 Å². The number of hydrogen-bond donors (Lipinski definition) is 1. The zero-order valence-corrected chi connectivity index (χ0v) is 35.9. The first kappa shape index (κ1) is 39.7. The van der Waals surface area contributed by atoms with Gasteiger partial charge in [0.1, 0.15) is 17.3 Å². The number of ether oxygens (including phenoxy) is 2. The summed E-state index contributed by atoms with van der Waals surface area (Å²) < 4.78 is 15.6. The number of aromatic nitrogens is 4. The zero-order valence-electron chi connectivity index (χ0n) is 35.9. The van der Waals surface area contributed by atoms with Crippen LogP contribution in [0.3, 0.4) is 0 Å². The van der Waals surface area contributed by atoms with Crippen LogP contribution in [0.5, 0.6) is 11.5 Å². The molecule has 5 aromatic rings. The van der Waals surface area contributed by atoms with Crippen molar-refractivity contribution in [1.82, 2.24) is 34.4 Å². The number of aryl methyl sites for hydroxylation is 2. The van der Waals surface area contributed by atoms with Gasteiger partial charge in [-0.15, -0.1) is 0 Å². The Hall–Kier alpha value is -5.47. The second-order valence-corrected chi connectivity index (χ2v) is 18.3. The van der Waals surface area contributed by atoms with Crippen LogP contribution in [0.1, 0.15) is 62.1 Å². The maximum Gasteiger partial charge on any atom is 0.259 e. The van der Waals surface area contributed by atoms with Gasteiger partial charge in [0.25, 0.3) is 5.56 Å². The fourth-order valence-corrected chi connectivity index (χ4v) is 10.7. The maximum atomic E-state index is 13.1. The summed E-state index contributed by atoms with van der Waals surface area (Å²) in [5.74, 6) is 2.35. The molecule has 1 N–H and O–H groups in total. The first-order chi connectivity index (χ1) is 29.6. The van der Waals surface area contributed by atoms with E-state index in [1.165, 1.54) is 37.9 Å². The van der Waals surface area contributed by atoms with Crippen LogP contribution in [0.25, 0.3) is 32.8 Å². The number of hydrogen-bond acceptors (Lipinski definition) is 11. The van der Waals surface area contributed by atoms with Gasteiger partial charge in [-0.3, -0.25) is 29.3 Å². The summed E-state index contributed by atoms with van der Waals surface area (Å²) in [4.78, 5) is 52.1. The standard InChI is InChI=1S/C47H57N9O5/c1-51-26-37(35-23-42(55-14-5-15-55)48-24-36(35)46(51)59)31-20-40(60-3)38(41(21-31)61-4)27-53-16-10-30(11-17-53)25-54-18-12-47(13-19-54)28-56(29-47)32-6-7-33-39(22-32)52(2)50-44(33)34-8-9-43(57)49-45(34)58/h6-7,20-24,26,30,34H,5,8-19,25,27-29H2,1-4H3,(H,49,57,58). The lowest BCUT2D eigenvalue weighted by Crippen LogP contribution is -2.60. The molecule has 1 unspecified atom stereocenters. The summed E-state index contributed by atoms with van der Waals surface area (Å²) >= 11 is 0. The van der Waals surface area contributed by atoms with Crippen molar-refractivity contribution >= 4 is 45.0 Å². The number of nitrogens with one attached hydrogen (secondary N) is 1. The number of rotatable bonds is 10. The van der Waals surface area contributed by atoms with E-state index in [0.29, 0.717) is 29.6 Å². The molecule has 2 aromatic carbocycles. The summed E-state index contributed by atoms with van der Waals surface area (Å²) in [6.07, 6.45) is 10.5. The van der Waals surface area contributed by atoms with Crippen molar-refractivity contribution in [3.63, 3.8) is 0 Å². The van der Waals surface area contributed by atoms with E-state index in [1.54, 1.807) is 32.0 Å². The lowest BCUT2D eigenvalue weighted by molar-refractivity contribution is -0.134. The Morgan fingerprint density at radius 1 is 0.820 bits per heavy atom. The highest BCUT2D eigenvalue weighted by Gasteiger charge is 2.45. The Bertz CT molecular complexity index is 2550. The number of nitrogens with zero attached hydrogens (tertiary/aromatic N) is 8. The molecule has 8 heterocycles. The van der Waals surface area contributed by atoms with Crippen molar-refractivity contribution in [3.8, 4) is 22.6 Å². The van der Waals surface area contributed by atoms with E-state index in [-0.39, 0.29) is 23.3 Å². The fourth-order valence-electron chi connectivity index (χ4n) is 10.7. The minimum absolute atomic E-state index is 0.0583. The second-order valence-electron chi connectivity index (χ2n) is 18.3. The molecule has 61 heavy (non-hydrogen) atoms. The van der Waals surface area contributed by atoms with Gasteiger partial charge >= 0.3 is 0 Å². The molecule has 5 aliphatic heterocycles. The van der Waals surface area contributed by atoms with Crippen molar-refractivity contribution in [2.75, 3.05) is 82.9 Å². The molecule has 0 radical (unpaired) electrons. The summed E-state index contributed by atoms with van der Waals surface area (Å²) in [5, 5.41) is 9.71. The highest BCUT2D eigenvalue weighted by Crippen LogP contribution is 2.44. The molecule has 2 amide bonds. The molecule has 320 valence electrons. The van der Waals surface area contributed by atoms with Crippen LogP contribution >= 0.6 is 0 Å². The van der Waals surface area contributed by atoms with Crippen molar-refractivity contribution in [3.05, 3.63) is 70.4 Å². The number of imide groups is 1. The Morgan fingerprint density at radius 3 is 2.23 bits per heavy atom. The van der Waals surface area contributed by atoms with Crippen molar-refractivity contribution in [2.24, 2.45) is 25.4 Å². The highest BCUT2D eigenvalue weighted by molar-refractivity contribution is 6.03. The number of carbonyl (C=O) groups excluding carboxylic acids is 2. The third kappa shape index (κ3) is 7.30. The molecule has 1 atom stereocenters. The number of piperidine rings is 3. The number of likely N-dealkylation sites (tertiary alicyclic amines) is 2. The maximum absolute atomic E-state index is 13.1. The average Bonchev–Trinajstić information content (AvgIpc) is 3.56. The molecule has 14 nitrogen and oxygen atoms in total. The van der Waals surface area contributed by atoms with Crippen LogP contribution in [0.2, 0.25) is 0 Å². The Morgan fingerprint density at radius 2 is 1.56 bits per heavy atom. The Kier molecular flexibility index (Phi) is 10.3. The quantitative estimate of drug-likeness (QED) is 0.190. The second kappa shape index (κ2) is 15.8. The van der Waals surface area contributed by atoms with Gasteiger partial charge in [0.15, 0.2) is 0 Å². The Labute approximate surface area is 356 Å². The smallest absolute Gasteiger partial charge is 0.259 e. The first-order valence-electron chi connectivity index (χ1n) is 22.1. The molecule has 14 heteroatoms. The van der Waals surface area contributed by atoms with Crippen LogP contribution in [0.4, 0.5) is 11.5 Å². The molecule has 5 fully saturated rings. The third-order valence-corrected chi connectivity index (χ3v) is 14.5. The van der Waals surface area contributed by atoms with Gasteiger partial charge in [0.05, 0.1) is 42.3 Å². The van der Waals surface area contributed by atoms with Crippen LogP contribution < -0.4 is 30.1 Å². The minimum Gasteiger partial charge on any atom is -0.496 e. The fraction of sp³-hybridized carbons (Fsp3) is 0.511. The van der Waals surface area contributed by atoms with Crippen LogP contribution in [0, 0.1) is 11.3 Å². The number of anilines is 2. The van der Waals surface area contributed by atoms with Crippen LogP contribution in [0.15, 0.2) is 53.6 Å². The summed E-state index contributed by atoms with van der Waals surface area (Å²) in [7, 11) is 7.19. The van der Waals surface area contributed by atoms with Crippen LogP contribution in [-0.2, 0) is 30.2 Å². The van der Waals surface area contributed by atoms with Gasteiger partial charge in [0.2, 0.25) is 11.8 Å². The summed E-state index contributed by atoms with van der Waals surface area (Å²) in [6, 6.07) is 12.7. The molecule has 0 bridgehead atoms. The monoisotopic (exact) mass is 827 g/mol. The molecule has 10 rings (SSSR count). The molecule has 5 saturated heterocycles. The number of methoxy groups -OCH3 is 2. The summed E-state index contributed by atoms with van der Waals surface area (Å²) in [5.41, 5.74) is 6.28. The zero-order chi connectivity index (χ0) is 42.0. The molecular formula is C47H57N9O5. The average molecular weight is 828 g/mol. The van der Waals surface area contributed by atoms with E-state index in [0.717, 1.165) is 121 Å². The first-order valence-corrected chi connectivity index (χ1v) is 22.1. The molecular weight excluding hydrogens is 771 g/mol. The third-order valence-electron chi connectivity index (χ3n) is 14.5. The van der Waals surface area contributed by atoms with Gasteiger partial charge < -0.3 is 28.7 Å². The largest absolute Gasteiger partial charge is 0.496 e. The van der Waals surface area contributed by atoms with Gasteiger partial charge in [-0.2, -0.15) is 5.10 Å². The van der Waals surface area contributed by atoms with Gasteiger partial charge in [-0.25, -0.2) is 4.98 Å². The Balaban J connectivity index is 0.738. The van der Waals surface area contributed by atoms with E-state index >= 15 is 0 Å².